The molecule has 0 aliphatic carbocycles. The number of hydrogen-bond acceptors (Lipinski definition) is 2. The van der Waals surface area contributed by atoms with Crippen molar-refractivity contribution < 1.29 is 9.59 Å². The topological polar surface area (TPSA) is 49.4 Å². The van der Waals surface area contributed by atoms with Crippen molar-refractivity contribution in [3.8, 4) is 0 Å². The molecule has 24 heavy (non-hydrogen) atoms. The molecule has 1 aliphatic rings. The number of halogens is 1. The maximum Gasteiger partial charge on any atom is 0.226 e. The third-order valence-corrected chi connectivity index (χ3v) is 4.84. The smallest absolute Gasteiger partial charge is 0.226 e. The SMILES string of the molecule is CN1C(=O)C[C@H](C(=O)NCc2ccccc2Cl)[C@@H]1c1ccccc1. The van der Waals surface area contributed by atoms with E-state index in [0.29, 0.717) is 11.6 Å². The van der Waals surface area contributed by atoms with Gasteiger partial charge in [0.05, 0.1) is 12.0 Å². The number of carbonyl (C=O) groups is 2. The van der Waals surface area contributed by atoms with Crippen LogP contribution >= 0.6 is 11.6 Å². The van der Waals surface area contributed by atoms with Crippen LogP contribution in [-0.4, -0.2) is 23.8 Å². The van der Waals surface area contributed by atoms with E-state index in [1.165, 1.54) is 0 Å². The van der Waals surface area contributed by atoms with E-state index in [-0.39, 0.29) is 24.3 Å². The van der Waals surface area contributed by atoms with Crippen molar-refractivity contribution in [2.45, 2.75) is 19.0 Å². The molecule has 1 heterocycles. The molecule has 1 saturated heterocycles. The molecule has 0 saturated carbocycles. The van der Waals surface area contributed by atoms with Crippen molar-refractivity contribution in [1.29, 1.82) is 0 Å². The quantitative estimate of drug-likeness (QED) is 0.927. The second-order valence-corrected chi connectivity index (χ2v) is 6.39. The summed E-state index contributed by atoms with van der Waals surface area (Å²) in [7, 11) is 1.75. The van der Waals surface area contributed by atoms with Crippen LogP contribution in [0.1, 0.15) is 23.6 Å². The van der Waals surface area contributed by atoms with Crippen LogP contribution in [0.2, 0.25) is 5.02 Å². The lowest BCUT2D eigenvalue weighted by atomic mass is 9.93. The average Bonchev–Trinajstić information content (AvgIpc) is 2.90. The molecule has 2 atom stereocenters. The minimum absolute atomic E-state index is 0.0123. The number of likely N-dealkylation sites (tertiary alicyclic amines) is 1. The van der Waals surface area contributed by atoms with Crippen LogP contribution in [0.15, 0.2) is 54.6 Å². The van der Waals surface area contributed by atoms with Gasteiger partial charge in [0.1, 0.15) is 0 Å². The summed E-state index contributed by atoms with van der Waals surface area (Å²) in [4.78, 5) is 26.5. The molecular formula is C19H19ClN2O2. The molecule has 5 heteroatoms. The number of amides is 2. The Morgan fingerprint density at radius 2 is 1.83 bits per heavy atom. The van der Waals surface area contributed by atoms with Gasteiger partial charge in [0.15, 0.2) is 0 Å². The van der Waals surface area contributed by atoms with E-state index >= 15 is 0 Å². The molecule has 4 nitrogen and oxygen atoms in total. The van der Waals surface area contributed by atoms with E-state index in [0.717, 1.165) is 11.1 Å². The minimum Gasteiger partial charge on any atom is -0.352 e. The molecule has 0 aromatic heterocycles. The molecule has 2 amide bonds. The van der Waals surface area contributed by atoms with E-state index in [9.17, 15) is 9.59 Å². The average molecular weight is 343 g/mol. The molecule has 0 unspecified atom stereocenters. The van der Waals surface area contributed by atoms with Crippen LogP contribution in [0, 0.1) is 5.92 Å². The maximum atomic E-state index is 12.7. The maximum absolute atomic E-state index is 12.7. The van der Waals surface area contributed by atoms with Gasteiger partial charge in [-0.1, -0.05) is 60.1 Å². The zero-order valence-electron chi connectivity index (χ0n) is 13.4. The summed E-state index contributed by atoms with van der Waals surface area (Å²) in [5, 5.41) is 3.54. The molecule has 1 aliphatic heterocycles. The van der Waals surface area contributed by atoms with Crippen LogP contribution < -0.4 is 5.32 Å². The number of benzene rings is 2. The Hall–Kier alpha value is -2.33. The Labute approximate surface area is 146 Å². The van der Waals surface area contributed by atoms with Gasteiger partial charge in [0, 0.05) is 25.0 Å². The van der Waals surface area contributed by atoms with Crippen molar-refractivity contribution in [1.82, 2.24) is 10.2 Å². The Balaban J connectivity index is 1.75. The van der Waals surface area contributed by atoms with Gasteiger partial charge in [-0.15, -0.1) is 0 Å². The third kappa shape index (κ3) is 3.29. The molecule has 1 N–H and O–H groups in total. The van der Waals surface area contributed by atoms with E-state index in [1.54, 1.807) is 18.0 Å². The van der Waals surface area contributed by atoms with Gasteiger partial charge in [-0.05, 0) is 17.2 Å². The molecular weight excluding hydrogens is 324 g/mol. The van der Waals surface area contributed by atoms with Crippen molar-refractivity contribution in [2.24, 2.45) is 5.92 Å². The Kier molecular flexibility index (Phi) is 4.86. The van der Waals surface area contributed by atoms with Gasteiger partial charge < -0.3 is 10.2 Å². The highest BCUT2D eigenvalue weighted by Crippen LogP contribution is 2.37. The molecule has 1 fully saturated rings. The largest absolute Gasteiger partial charge is 0.352 e. The number of hydrogen-bond donors (Lipinski definition) is 1. The first-order chi connectivity index (χ1) is 11.6. The van der Waals surface area contributed by atoms with Crippen molar-refractivity contribution >= 4 is 23.4 Å². The van der Waals surface area contributed by atoms with Crippen LogP contribution in [0.25, 0.3) is 0 Å². The summed E-state index contributed by atoms with van der Waals surface area (Å²) in [5.41, 5.74) is 1.84. The fourth-order valence-electron chi connectivity index (χ4n) is 3.17. The standard InChI is InChI=1S/C19H19ClN2O2/c1-22-17(23)11-15(18(22)13-7-3-2-4-8-13)19(24)21-12-14-9-5-6-10-16(14)20/h2-10,15,18H,11-12H2,1H3,(H,21,24)/t15-,18-/m0/s1. The normalized spacial score (nSPS) is 20.2. The molecule has 124 valence electrons. The summed E-state index contributed by atoms with van der Waals surface area (Å²) in [6.45, 7) is 0.356. The highest BCUT2D eigenvalue weighted by Gasteiger charge is 2.42. The van der Waals surface area contributed by atoms with Crippen molar-refractivity contribution in [3.63, 3.8) is 0 Å². The van der Waals surface area contributed by atoms with Crippen LogP contribution in [0.4, 0.5) is 0 Å². The van der Waals surface area contributed by atoms with Gasteiger partial charge in [-0.3, -0.25) is 9.59 Å². The fraction of sp³-hybridized carbons (Fsp3) is 0.263. The van der Waals surface area contributed by atoms with Gasteiger partial charge in [-0.25, -0.2) is 0 Å². The Morgan fingerprint density at radius 3 is 2.54 bits per heavy atom. The monoisotopic (exact) mass is 342 g/mol. The summed E-state index contributed by atoms with van der Waals surface area (Å²) in [6.07, 6.45) is 0.227. The molecule has 3 rings (SSSR count). The predicted molar refractivity (Wildman–Crippen MR) is 93.4 cm³/mol. The van der Waals surface area contributed by atoms with Gasteiger partial charge in [-0.2, -0.15) is 0 Å². The summed E-state index contributed by atoms with van der Waals surface area (Å²) >= 11 is 6.12. The number of nitrogens with zero attached hydrogens (tertiary/aromatic N) is 1. The summed E-state index contributed by atoms with van der Waals surface area (Å²) < 4.78 is 0. The number of rotatable bonds is 4. The van der Waals surface area contributed by atoms with E-state index in [1.807, 2.05) is 48.5 Å². The molecule has 2 aromatic rings. The van der Waals surface area contributed by atoms with E-state index in [2.05, 4.69) is 5.32 Å². The second kappa shape index (κ2) is 7.05. The van der Waals surface area contributed by atoms with Crippen LogP contribution in [-0.2, 0) is 16.1 Å². The first-order valence-electron chi connectivity index (χ1n) is 7.89. The lowest BCUT2D eigenvalue weighted by Gasteiger charge is -2.25. The summed E-state index contributed by atoms with van der Waals surface area (Å²) in [6, 6.07) is 16.8. The first kappa shape index (κ1) is 16.5. The highest BCUT2D eigenvalue weighted by atomic mass is 35.5. The lowest BCUT2D eigenvalue weighted by Crippen LogP contribution is -2.34. The lowest BCUT2D eigenvalue weighted by molar-refractivity contribution is -0.128. The summed E-state index contributed by atoms with van der Waals surface area (Å²) in [5.74, 6) is -0.532. The second-order valence-electron chi connectivity index (χ2n) is 5.98. The van der Waals surface area contributed by atoms with Gasteiger partial charge >= 0.3 is 0 Å². The molecule has 0 bridgehead atoms. The molecule has 2 aromatic carbocycles. The third-order valence-electron chi connectivity index (χ3n) is 4.48. The van der Waals surface area contributed by atoms with Crippen molar-refractivity contribution in [2.75, 3.05) is 7.05 Å². The number of carbonyl (C=O) groups excluding carboxylic acids is 2. The highest BCUT2D eigenvalue weighted by molar-refractivity contribution is 6.31. The number of nitrogens with one attached hydrogen (secondary N) is 1. The minimum atomic E-state index is -0.396. The van der Waals surface area contributed by atoms with E-state index < -0.39 is 5.92 Å². The first-order valence-corrected chi connectivity index (χ1v) is 8.27. The van der Waals surface area contributed by atoms with Crippen LogP contribution in [0.5, 0.6) is 0 Å². The Bertz CT molecular complexity index is 748. The van der Waals surface area contributed by atoms with Gasteiger partial charge in [0.2, 0.25) is 11.8 Å². The van der Waals surface area contributed by atoms with Gasteiger partial charge in [0.25, 0.3) is 0 Å². The van der Waals surface area contributed by atoms with Crippen molar-refractivity contribution in [3.05, 3.63) is 70.7 Å². The van der Waals surface area contributed by atoms with Crippen LogP contribution in [0.3, 0.4) is 0 Å². The molecule has 0 radical (unpaired) electrons. The molecule has 0 spiro atoms. The Morgan fingerprint density at radius 1 is 1.17 bits per heavy atom. The van der Waals surface area contributed by atoms with E-state index in [4.69, 9.17) is 11.6 Å². The fourth-order valence-corrected chi connectivity index (χ4v) is 3.37. The predicted octanol–water partition coefficient (Wildman–Crippen LogP) is 3.18. The zero-order valence-corrected chi connectivity index (χ0v) is 14.2. The zero-order chi connectivity index (χ0) is 17.1.